The highest BCUT2D eigenvalue weighted by molar-refractivity contribution is 7.80. The van der Waals surface area contributed by atoms with Gasteiger partial charge in [-0.2, -0.15) is 10.2 Å². The molecule has 1 aromatic carbocycles. The van der Waals surface area contributed by atoms with Gasteiger partial charge in [-0.05, 0) is 38.2 Å². The summed E-state index contributed by atoms with van der Waals surface area (Å²) in [5.74, 6) is 0.766. The second-order valence-electron chi connectivity index (χ2n) is 5.64. The largest absolute Gasteiger partial charge is 0.492 e. The molecule has 3 aromatic rings. The van der Waals surface area contributed by atoms with Crippen LogP contribution >= 0.6 is 12.2 Å². The van der Waals surface area contributed by atoms with Crippen LogP contribution in [0.15, 0.2) is 49.1 Å². The highest BCUT2D eigenvalue weighted by atomic mass is 32.1. The van der Waals surface area contributed by atoms with Crippen molar-refractivity contribution in [3.8, 4) is 5.75 Å². The van der Waals surface area contributed by atoms with Gasteiger partial charge in [-0.3, -0.25) is 9.36 Å². The van der Waals surface area contributed by atoms with E-state index in [0.29, 0.717) is 18.3 Å². The predicted molar refractivity (Wildman–Crippen MR) is 107 cm³/mol. The van der Waals surface area contributed by atoms with Gasteiger partial charge in [0.05, 0.1) is 36.9 Å². The lowest BCUT2D eigenvalue weighted by molar-refractivity contribution is 0.342. The number of aryl methyl sites for hydroxylation is 1. The Balaban J connectivity index is 1.59. The Bertz CT molecular complexity index is 872. The Labute approximate surface area is 158 Å². The predicted octanol–water partition coefficient (Wildman–Crippen LogP) is 3.36. The molecule has 0 aliphatic heterocycles. The lowest BCUT2D eigenvalue weighted by Crippen LogP contribution is -2.19. The molecule has 0 radical (unpaired) electrons. The highest BCUT2D eigenvalue weighted by Crippen LogP contribution is 2.23. The lowest BCUT2D eigenvalue weighted by atomic mass is 10.3. The molecule has 8 heteroatoms. The number of benzene rings is 1. The molecule has 0 fully saturated rings. The van der Waals surface area contributed by atoms with Crippen molar-refractivity contribution in [3.05, 3.63) is 54.6 Å². The van der Waals surface area contributed by atoms with Crippen molar-refractivity contribution in [3.63, 3.8) is 0 Å². The number of hydrogen-bond acceptors (Lipinski definition) is 4. The van der Waals surface area contributed by atoms with E-state index >= 15 is 0 Å². The van der Waals surface area contributed by atoms with Crippen LogP contribution in [0.2, 0.25) is 0 Å². The highest BCUT2D eigenvalue weighted by Gasteiger charge is 2.07. The summed E-state index contributed by atoms with van der Waals surface area (Å²) in [7, 11) is 0. The first-order chi connectivity index (χ1) is 12.7. The van der Waals surface area contributed by atoms with Gasteiger partial charge in [0.25, 0.3) is 0 Å². The van der Waals surface area contributed by atoms with Crippen LogP contribution in [0.5, 0.6) is 5.75 Å². The van der Waals surface area contributed by atoms with E-state index in [1.54, 1.807) is 6.20 Å². The van der Waals surface area contributed by atoms with Gasteiger partial charge in [-0.25, -0.2) is 0 Å². The van der Waals surface area contributed by atoms with Gasteiger partial charge < -0.3 is 15.4 Å². The molecule has 0 bridgehead atoms. The van der Waals surface area contributed by atoms with E-state index in [2.05, 4.69) is 27.8 Å². The zero-order valence-corrected chi connectivity index (χ0v) is 15.7. The van der Waals surface area contributed by atoms with Gasteiger partial charge >= 0.3 is 0 Å². The molecule has 2 N–H and O–H groups in total. The Hall–Kier alpha value is -2.87. The molecule has 0 aliphatic carbocycles. The molecule has 3 rings (SSSR count). The second-order valence-corrected chi connectivity index (χ2v) is 6.05. The molecule has 2 heterocycles. The van der Waals surface area contributed by atoms with Crippen LogP contribution in [0.4, 0.5) is 11.4 Å². The van der Waals surface area contributed by atoms with Crippen molar-refractivity contribution in [2.45, 2.75) is 26.9 Å². The quantitative estimate of drug-likeness (QED) is 0.622. The maximum absolute atomic E-state index is 5.60. The smallest absolute Gasteiger partial charge is 0.175 e. The average Bonchev–Trinajstić information content (AvgIpc) is 3.26. The molecule has 0 spiro atoms. The molecule has 0 aliphatic rings. The summed E-state index contributed by atoms with van der Waals surface area (Å²) in [5.41, 5.74) is 2.75. The maximum atomic E-state index is 5.60. The van der Waals surface area contributed by atoms with Crippen LogP contribution < -0.4 is 15.4 Å². The number of aromatic nitrogens is 4. The summed E-state index contributed by atoms with van der Waals surface area (Å²) < 4.78 is 9.33. The van der Waals surface area contributed by atoms with E-state index < -0.39 is 0 Å². The molecule has 7 nitrogen and oxygen atoms in total. The first-order valence-electron chi connectivity index (χ1n) is 8.51. The van der Waals surface area contributed by atoms with E-state index in [9.17, 15) is 0 Å². The molecule has 0 unspecified atom stereocenters. The van der Waals surface area contributed by atoms with E-state index in [1.165, 1.54) is 0 Å². The minimum atomic E-state index is 0.482. The van der Waals surface area contributed by atoms with Gasteiger partial charge in [-0.15, -0.1) is 0 Å². The number of ether oxygens (including phenoxy) is 1. The zero-order valence-electron chi connectivity index (χ0n) is 14.8. The molecule has 26 heavy (non-hydrogen) atoms. The van der Waals surface area contributed by atoms with E-state index in [-0.39, 0.29) is 0 Å². The number of hydrogen-bond donors (Lipinski definition) is 2. The summed E-state index contributed by atoms with van der Waals surface area (Å²) in [6.07, 6.45) is 7.53. The van der Waals surface area contributed by atoms with E-state index in [1.807, 2.05) is 59.1 Å². The minimum absolute atomic E-state index is 0.482. The SMILES string of the molecule is CCOc1ccccc1NC(=S)Nc1cnn(Cc2cnn(CC)c2)c1. The molecular formula is C18H22N6OS. The lowest BCUT2D eigenvalue weighted by Gasteiger charge is -2.13. The van der Waals surface area contributed by atoms with Gasteiger partial charge in [0.2, 0.25) is 0 Å². The zero-order chi connectivity index (χ0) is 18.4. The topological polar surface area (TPSA) is 68.9 Å². The van der Waals surface area contributed by atoms with Gasteiger partial charge in [0.15, 0.2) is 5.11 Å². The van der Waals surface area contributed by atoms with Crippen LogP contribution in [0, 0.1) is 0 Å². The van der Waals surface area contributed by atoms with Gasteiger partial charge in [0.1, 0.15) is 5.75 Å². The third kappa shape index (κ3) is 4.60. The molecule has 2 aromatic heterocycles. The summed E-state index contributed by atoms with van der Waals surface area (Å²) in [5, 5.41) is 15.4. The van der Waals surface area contributed by atoms with Crippen LogP contribution in [0.1, 0.15) is 19.4 Å². The van der Waals surface area contributed by atoms with Crippen molar-refractivity contribution in [1.82, 2.24) is 19.6 Å². The number of anilines is 2. The number of rotatable bonds is 7. The summed E-state index contributed by atoms with van der Waals surface area (Å²) in [4.78, 5) is 0. The standard InChI is InChI=1S/C18H22N6OS/c1-3-23-11-14(9-19-23)12-24-13-15(10-20-24)21-18(26)22-16-7-5-6-8-17(16)25-4-2/h5-11,13H,3-4,12H2,1-2H3,(H2,21,22,26). The third-order valence-corrected chi connectivity index (χ3v) is 3.89. The monoisotopic (exact) mass is 370 g/mol. The molecule has 0 atom stereocenters. The van der Waals surface area contributed by atoms with E-state index in [0.717, 1.165) is 29.2 Å². The Morgan fingerprint density at radius 1 is 1.08 bits per heavy atom. The van der Waals surface area contributed by atoms with Crippen LogP contribution in [-0.4, -0.2) is 31.3 Å². The normalized spacial score (nSPS) is 10.5. The van der Waals surface area contributed by atoms with Gasteiger partial charge in [0, 0.05) is 24.5 Å². The fourth-order valence-corrected chi connectivity index (χ4v) is 2.73. The van der Waals surface area contributed by atoms with Crippen molar-refractivity contribution in [2.75, 3.05) is 17.2 Å². The van der Waals surface area contributed by atoms with Crippen LogP contribution in [0.25, 0.3) is 0 Å². The Morgan fingerprint density at radius 2 is 1.88 bits per heavy atom. The molecule has 0 saturated carbocycles. The molecule has 0 amide bonds. The first-order valence-corrected chi connectivity index (χ1v) is 8.92. The third-order valence-electron chi connectivity index (χ3n) is 3.68. The fourth-order valence-electron chi connectivity index (χ4n) is 2.50. The van der Waals surface area contributed by atoms with Crippen molar-refractivity contribution < 1.29 is 4.74 Å². The Morgan fingerprint density at radius 3 is 2.65 bits per heavy atom. The van der Waals surface area contributed by atoms with Crippen molar-refractivity contribution >= 4 is 28.7 Å². The molecule has 136 valence electrons. The van der Waals surface area contributed by atoms with Gasteiger partial charge in [-0.1, -0.05) is 12.1 Å². The average molecular weight is 370 g/mol. The number of nitrogens with one attached hydrogen (secondary N) is 2. The van der Waals surface area contributed by atoms with E-state index in [4.69, 9.17) is 17.0 Å². The minimum Gasteiger partial charge on any atom is -0.492 e. The number of nitrogens with zero attached hydrogens (tertiary/aromatic N) is 4. The fraction of sp³-hybridized carbons (Fsp3) is 0.278. The van der Waals surface area contributed by atoms with Crippen LogP contribution in [0.3, 0.4) is 0 Å². The second kappa shape index (κ2) is 8.48. The molecule has 0 saturated heterocycles. The number of thiocarbonyl (C=S) groups is 1. The van der Waals surface area contributed by atoms with Crippen molar-refractivity contribution in [2.24, 2.45) is 0 Å². The summed E-state index contributed by atoms with van der Waals surface area (Å²) in [6, 6.07) is 7.69. The summed E-state index contributed by atoms with van der Waals surface area (Å²) >= 11 is 5.39. The maximum Gasteiger partial charge on any atom is 0.175 e. The Kier molecular flexibility index (Phi) is 5.85. The van der Waals surface area contributed by atoms with Crippen molar-refractivity contribution in [1.29, 1.82) is 0 Å². The van der Waals surface area contributed by atoms with Crippen LogP contribution in [-0.2, 0) is 13.1 Å². The molecular weight excluding hydrogens is 348 g/mol. The number of para-hydroxylation sites is 2. The first kappa shape index (κ1) is 17.9. The summed E-state index contributed by atoms with van der Waals surface area (Å²) in [6.45, 7) is 6.13.